The van der Waals surface area contributed by atoms with Gasteiger partial charge >= 0.3 is 5.97 Å². The van der Waals surface area contributed by atoms with Crippen LogP contribution in [-0.4, -0.2) is 62.9 Å². The van der Waals surface area contributed by atoms with Gasteiger partial charge in [0.1, 0.15) is 11.8 Å². The van der Waals surface area contributed by atoms with Gasteiger partial charge in [-0.2, -0.15) is 0 Å². The summed E-state index contributed by atoms with van der Waals surface area (Å²) in [4.78, 5) is 31.3. The molecule has 1 unspecified atom stereocenters. The molecule has 1 aliphatic rings. The fraction of sp³-hybridized carbons (Fsp3) is 0.414. The Kier molecular flexibility index (Phi) is 7.74. The lowest BCUT2D eigenvalue weighted by Crippen LogP contribution is -2.42. The van der Waals surface area contributed by atoms with Crippen LogP contribution in [0.25, 0.3) is 10.9 Å². The van der Waals surface area contributed by atoms with Gasteiger partial charge in [0, 0.05) is 18.7 Å². The molecule has 2 aromatic carbocycles. The van der Waals surface area contributed by atoms with Crippen molar-refractivity contribution in [2.75, 3.05) is 26.8 Å². The molecule has 4 aromatic rings. The summed E-state index contributed by atoms with van der Waals surface area (Å²) in [6, 6.07) is 13.3. The molecule has 0 amide bonds. The van der Waals surface area contributed by atoms with Crippen molar-refractivity contribution < 1.29 is 14.3 Å². The van der Waals surface area contributed by atoms with E-state index in [1.54, 1.807) is 11.8 Å². The standard InChI is InChI=1S/C29H34N6O4/c1-5-39-29(37)21-10-12-34(13-11-21)26(24-16-22-15-18(2)14-19(3)25(22)30-28(24)36)27-31-32-33-35(27)17-20-6-8-23(38-4)9-7-20/h6-9,14-16,21,26H,5,10-13,17H2,1-4H3,(H,30,36). The fourth-order valence-corrected chi connectivity index (χ4v) is 5.48. The molecule has 1 atom stereocenters. The van der Waals surface area contributed by atoms with Gasteiger partial charge in [-0.25, -0.2) is 4.68 Å². The van der Waals surface area contributed by atoms with Crippen molar-refractivity contribution in [3.05, 3.63) is 80.9 Å². The summed E-state index contributed by atoms with van der Waals surface area (Å²) in [7, 11) is 1.63. The Labute approximate surface area is 226 Å². The molecule has 10 nitrogen and oxygen atoms in total. The highest BCUT2D eigenvalue weighted by atomic mass is 16.5. The molecule has 1 aliphatic heterocycles. The zero-order valence-corrected chi connectivity index (χ0v) is 22.8. The van der Waals surface area contributed by atoms with Crippen molar-refractivity contribution in [2.45, 2.75) is 46.2 Å². The summed E-state index contributed by atoms with van der Waals surface area (Å²) < 4.78 is 12.3. The topological polar surface area (TPSA) is 115 Å². The molecule has 1 saturated heterocycles. The van der Waals surface area contributed by atoms with Gasteiger partial charge in [0.25, 0.3) is 5.56 Å². The molecule has 39 heavy (non-hydrogen) atoms. The highest BCUT2D eigenvalue weighted by Gasteiger charge is 2.35. The van der Waals surface area contributed by atoms with E-state index >= 15 is 0 Å². The van der Waals surface area contributed by atoms with E-state index in [0.717, 1.165) is 33.3 Å². The Morgan fingerprint density at radius 2 is 1.87 bits per heavy atom. The SMILES string of the molecule is CCOC(=O)C1CCN(C(c2cc3cc(C)cc(C)c3[nH]c2=O)c2nnnn2Cc2ccc(OC)cc2)CC1. The number of pyridine rings is 1. The first-order valence-electron chi connectivity index (χ1n) is 13.3. The van der Waals surface area contributed by atoms with Crippen molar-refractivity contribution in [3.8, 4) is 5.75 Å². The molecule has 0 bridgehead atoms. The number of piperidine rings is 1. The summed E-state index contributed by atoms with van der Waals surface area (Å²) in [5.41, 5.74) is 4.37. The number of nitrogens with zero attached hydrogens (tertiary/aromatic N) is 5. The largest absolute Gasteiger partial charge is 0.497 e. The molecule has 10 heteroatoms. The first-order chi connectivity index (χ1) is 18.9. The molecule has 1 fully saturated rings. The third-order valence-corrected chi connectivity index (χ3v) is 7.43. The summed E-state index contributed by atoms with van der Waals surface area (Å²) in [5.74, 6) is 1.03. The van der Waals surface area contributed by atoms with E-state index in [-0.39, 0.29) is 17.4 Å². The average molecular weight is 531 g/mol. The van der Waals surface area contributed by atoms with Gasteiger partial charge in [-0.15, -0.1) is 5.10 Å². The van der Waals surface area contributed by atoms with E-state index in [0.29, 0.717) is 50.5 Å². The number of H-pyrrole nitrogens is 1. The molecule has 5 rings (SSSR count). The van der Waals surface area contributed by atoms with E-state index < -0.39 is 6.04 Å². The number of methoxy groups -OCH3 is 1. The third-order valence-electron chi connectivity index (χ3n) is 7.43. The normalized spacial score (nSPS) is 15.4. The Bertz CT molecular complexity index is 1520. The number of carbonyl (C=O) groups excluding carboxylic acids is 1. The number of hydrogen-bond donors (Lipinski definition) is 1. The second-order valence-corrected chi connectivity index (χ2v) is 10.1. The summed E-state index contributed by atoms with van der Waals surface area (Å²) in [6.45, 7) is 7.88. The quantitative estimate of drug-likeness (QED) is 0.344. The lowest BCUT2D eigenvalue weighted by molar-refractivity contribution is -0.149. The van der Waals surface area contributed by atoms with Crippen LogP contribution in [0.5, 0.6) is 5.75 Å². The van der Waals surface area contributed by atoms with Crippen LogP contribution in [0.1, 0.15) is 53.9 Å². The minimum absolute atomic E-state index is 0.155. The molecular formula is C29H34N6O4. The predicted octanol–water partition coefficient (Wildman–Crippen LogP) is 3.55. The number of ether oxygens (including phenoxy) is 2. The predicted molar refractivity (Wildman–Crippen MR) is 147 cm³/mol. The van der Waals surface area contributed by atoms with Gasteiger partial charge < -0.3 is 14.5 Å². The molecule has 3 heterocycles. The Balaban J connectivity index is 1.55. The number of fused-ring (bicyclic) bond motifs is 1. The molecule has 0 aliphatic carbocycles. The number of nitrogens with one attached hydrogen (secondary N) is 1. The van der Waals surface area contributed by atoms with Crippen molar-refractivity contribution in [1.82, 2.24) is 30.1 Å². The second-order valence-electron chi connectivity index (χ2n) is 10.1. The van der Waals surface area contributed by atoms with Crippen molar-refractivity contribution in [1.29, 1.82) is 0 Å². The van der Waals surface area contributed by atoms with Crippen LogP contribution in [0, 0.1) is 19.8 Å². The van der Waals surface area contributed by atoms with Gasteiger partial charge in [-0.1, -0.05) is 23.8 Å². The van der Waals surface area contributed by atoms with Gasteiger partial charge in [0.15, 0.2) is 5.82 Å². The summed E-state index contributed by atoms with van der Waals surface area (Å²) >= 11 is 0. The minimum atomic E-state index is -0.490. The first kappa shape index (κ1) is 26.6. The fourth-order valence-electron chi connectivity index (χ4n) is 5.48. The molecular weight excluding hydrogens is 496 g/mol. The van der Waals surface area contributed by atoms with Gasteiger partial charge in [0.2, 0.25) is 0 Å². The maximum Gasteiger partial charge on any atom is 0.309 e. The smallest absolute Gasteiger partial charge is 0.309 e. The maximum absolute atomic E-state index is 13.6. The highest BCUT2D eigenvalue weighted by molar-refractivity contribution is 5.83. The van der Waals surface area contributed by atoms with Crippen molar-refractivity contribution in [3.63, 3.8) is 0 Å². The molecule has 2 aromatic heterocycles. The van der Waals surface area contributed by atoms with Crippen LogP contribution in [0.15, 0.2) is 47.3 Å². The maximum atomic E-state index is 13.6. The van der Waals surface area contributed by atoms with Crippen LogP contribution in [-0.2, 0) is 16.1 Å². The number of tetrazole rings is 1. The van der Waals surface area contributed by atoms with Crippen LogP contribution >= 0.6 is 0 Å². The number of likely N-dealkylation sites (tertiary alicyclic amines) is 1. The zero-order valence-electron chi connectivity index (χ0n) is 22.8. The summed E-state index contributed by atoms with van der Waals surface area (Å²) in [6.07, 6.45) is 1.28. The van der Waals surface area contributed by atoms with Gasteiger partial charge in [0.05, 0.1) is 31.7 Å². The van der Waals surface area contributed by atoms with E-state index in [4.69, 9.17) is 9.47 Å². The molecule has 1 N–H and O–H groups in total. The van der Waals surface area contributed by atoms with Gasteiger partial charge in [-0.3, -0.25) is 14.5 Å². The minimum Gasteiger partial charge on any atom is -0.497 e. The average Bonchev–Trinajstić information content (AvgIpc) is 3.38. The molecule has 0 saturated carbocycles. The van der Waals surface area contributed by atoms with Crippen LogP contribution < -0.4 is 10.3 Å². The Morgan fingerprint density at radius 1 is 1.13 bits per heavy atom. The number of esters is 1. The number of rotatable bonds is 8. The van der Waals surface area contributed by atoms with Crippen LogP contribution in [0.4, 0.5) is 0 Å². The number of aromatic nitrogens is 5. The summed E-state index contributed by atoms with van der Waals surface area (Å²) in [5, 5.41) is 13.7. The van der Waals surface area contributed by atoms with E-state index in [1.165, 1.54) is 0 Å². The first-order valence-corrected chi connectivity index (χ1v) is 13.3. The highest BCUT2D eigenvalue weighted by Crippen LogP contribution is 2.32. The lowest BCUT2D eigenvalue weighted by atomic mass is 9.93. The van der Waals surface area contributed by atoms with Crippen molar-refractivity contribution >= 4 is 16.9 Å². The second kappa shape index (κ2) is 11.4. The number of benzene rings is 2. The number of carbonyl (C=O) groups is 1. The van der Waals surface area contributed by atoms with Gasteiger partial charge in [-0.05, 0) is 84.8 Å². The zero-order chi connectivity index (χ0) is 27.5. The van der Waals surface area contributed by atoms with E-state index in [9.17, 15) is 9.59 Å². The number of aryl methyl sites for hydroxylation is 2. The number of aromatic amines is 1. The number of hydrogen-bond acceptors (Lipinski definition) is 8. The lowest BCUT2D eigenvalue weighted by Gasteiger charge is -2.36. The third kappa shape index (κ3) is 5.56. The molecule has 0 spiro atoms. The molecule has 0 radical (unpaired) electrons. The monoisotopic (exact) mass is 530 g/mol. The van der Waals surface area contributed by atoms with E-state index in [2.05, 4.69) is 37.5 Å². The Morgan fingerprint density at radius 3 is 2.56 bits per heavy atom. The van der Waals surface area contributed by atoms with Crippen LogP contribution in [0.2, 0.25) is 0 Å². The Hall–Kier alpha value is -4.05. The van der Waals surface area contributed by atoms with Crippen molar-refractivity contribution in [2.24, 2.45) is 5.92 Å². The molecule has 204 valence electrons. The van der Waals surface area contributed by atoms with Crippen LogP contribution in [0.3, 0.4) is 0 Å². The van der Waals surface area contributed by atoms with E-state index in [1.807, 2.05) is 51.1 Å².